The fourth-order valence-electron chi connectivity index (χ4n) is 3.41. The number of carbonyl (C=O) groups is 1. The van der Waals surface area contributed by atoms with Crippen LogP contribution >= 0.6 is 0 Å². The van der Waals surface area contributed by atoms with Crippen LogP contribution in [0.3, 0.4) is 0 Å². The van der Waals surface area contributed by atoms with Crippen molar-refractivity contribution in [2.24, 2.45) is 5.92 Å². The first-order valence-electron chi connectivity index (χ1n) is 9.89. The Morgan fingerprint density at radius 3 is 2.47 bits per heavy atom. The van der Waals surface area contributed by atoms with Crippen LogP contribution in [0.1, 0.15) is 62.9 Å². The minimum Gasteiger partial charge on any atom is -0.349 e. The quantitative estimate of drug-likeness (QED) is 0.724. The SMILES string of the molecule is CC(NC(=O)C1CC1c1ccc(C(C)(C)C)nc1)c1ccc(NS(C)(=O)=O)c(F)c1. The number of nitrogens with zero attached hydrogens (tertiary/aromatic N) is 1. The number of pyridine rings is 1. The number of halogens is 1. The van der Waals surface area contributed by atoms with E-state index in [4.69, 9.17) is 0 Å². The maximum atomic E-state index is 14.2. The Bertz CT molecular complexity index is 1050. The van der Waals surface area contributed by atoms with Gasteiger partial charge in [0, 0.05) is 23.2 Å². The molecule has 0 bridgehead atoms. The van der Waals surface area contributed by atoms with Crippen molar-refractivity contribution < 1.29 is 17.6 Å². The molecule has 1 fully saturated rings. The van der Waals surface area contributed by atoms with Gasteiger partial charge in [-0.05, 0) is 48.6 Å². The zero-order chi connectivity index (χ0) is 22.3. The highest BCUT2D eigenvalue weighted by atomic mass is 32.2. The van der Waals surface area contributed by atoms with Crippen LogP contribution < -0.4 is 10.0 Å². The summed E-state index contributed by atoms with van der Waals surface area (Å²) in [5, 5.41) is 2.92. The number of carbonyl (C=O) groups excluding carboxylic acids is 1. The Morgan fingerprint density at radius 1 is 1.23 bits per heavy atom. The molecule has 1 aliphatic rings. The van der Waals surface area contributed by atoms with Crippen molar-refractivity contribution in [3.8, 4) is 0 Å². The van der Waals surface area contributed by atoms with Gasteiger partial charge in [-0.1, -0.05) is 32.9 Å². The number of benzene rings is 1. The molecule has 1 amide bonds. The average Bonchev–Trinajstić information content (AvgIpc) is 3.42. The standard InChI is InChI=1S/C22H28FN3O3S/c1-13(14-6-8-19(18(23)10-14)26-30(5,28)29)25-21(27)17-11-16(17)15-7-9-20(24-12-15)22(2,3)4/h6-10,12-13,16-17,26H,11H2,1-5H3,(H,25,27). The lowest BCUT2D eigenvalue weighted by Crippen LogP contribution is -2.28. The third kappa shape index (κ3) is 5.36. The van der Waals surface area contributed by atoms with E-state index in [1.807, 2.05) is 18.3 Å². The highest BCUT2D eigenvalue weighted by Gasteiger charge is 2.44. The van der Waals surface area contributed by atoms with Gasteiger partial charge in [0.05, 0.1) is 18.0 Å². The Hall–Kier alpha value is -2.48. The van der Waals surface area contributed by atoms with Gasteiger partial charge in [0.2, 0.25) is 15.9 Å². The number of amides is 1. The topological polar surface area (TPSA) is 88.2 Å². The summed E-state index contributed by atoms with van der Waals surface area (Å²) in [4.78, 5) is 17.2. The molecule has 2 N–H and O–H groups in total. The minimum absolute atomic E-state index is 0.0179. The maximum absolute atomic E-state index is 14.2. The molecule has 162 valence electrons. The van der Waals surface area contributed by atoms with Crippen LogP contribution in [-0.4, -0.2) is 25.6 Å². The molecule has 1 aromatic heterocycles. The number of anilines is 1. The van der Waals surface area contributed by atoms with E-state index in [1.165, 1.54) is 12.1 Å². The molecule has 0 radical (unpaired) electrons. The van der Waals surface area contributed by atoms with E-state index in [9.17, 15) is 17.6 Å². The maximum Gasteiger partial charge on any atom is 0.229 e. The smallest absolute Gasteiger partial charge is 0.229 e. The van der Waals surface area contributed by atoms with Crippen molar-refractivity contribution in [3.63, 3.8) is 0 Å². The normalized spacial score (nSPS) is 19.8. The Morgan fingerprint density at radius 2 is 1.93 bits per heavy atom. The van der Waals surface area contributed by atoms with Crippen LogP contribution in [0.2, 0.25) is 0 Å². The van der Waals surface area contributed by atoms with Gasteiger partial charge >= 0.3 is 0 Å². The molecule has 2 aromatic rings. The summed E-state index contributed by atoms with van der Waals surface area (Å²) >= 11 is 0. The summed E-state index contributed by atoms with van der Waals surface area (Å²) in [6.45, 7) is 8.09. The first kappa shape index (κ1) is 22.2. The van der Waals surface area contributed by atoms with E-state index >= 15 is 0 Å². The van der Waals surface area contributed by atoms with Crippen molar-refractivity contribution in [2.45, 2.75) is 51.5 Å². The first-order chi connectivity index (χ1) is 13.8. The predicted molar refractivity (Wildman–Crippen MR) is 115 cm³/mol. The van der Waals surface area contributed by atoms with E-state index in [2.05, 4.69) is 35.8 Å². The lowest BCUT2D eigenvalue weighted by Gasteiger charge is -2.18. The van der Waals surface area contributed by atoms with Gasteiger partial charge in [-0.15, -0.1) is 0 Å². The molecule has 1 saturated carbocycles. The molecule has 3 atom stereocenters. The summed E-state index contributed by atoms with van der Waals surface area (Å²) in [6, 6.07) is 7.84. The molecule has 1 aliphatic carbocycles. The first-order valence-corrected chi connectivity index (χ1v) is 11.8. The summed E-state index contributed by atoms with van der Waals surface area (Å²) in [5.41, 5.74) is 2.49. The van der Waals surface area contributed by atoms with Gasteiger partial charge in [-0.2, -0.15) is 0 Å². The summed E-state index contributed by atoms with van der Waals surface area (Å²) < 4.78 is 38.9. The van der Waals surface area contributed by atoms with Crippen LogP contribution in [0, 0.1) is 11.7 Å². The second-order valence-electron chi connectivity index (χ2n) is 9.02. The van der Waals surface area contributed by atoms with E-state index in [0.29, 0.717) is 5.56 Å². The molecule has 1 heterocycles. The molecule has 0 aliphatic heterocycles. The molecule has 30 heavy (non-hydrogen) atoms. The van der Waals surface area contributed by atoms with Crippen molar-refractivity contribution in [2.75, 3.05) is 11.0 Å². The Labute approximate surface area is 177 Å². The van der Waals surface area contributed by atoms with E-state index < -0.39 is 21.9 Å². The summed E-state index contributed by atoms with van der Waals surface area (Å²) in [6.07, 6.45) is 3.58. The Kier molecular flexibility index (Phi) is 5.91. The molecule has 1 aromatic carbocycles. The van der Waals surface area contributed by atoms with E-state index in [1.54, 1.807) is 13.0 Å². The minimum atomic E-state index is -3.56. The lowest BCUT2D eigenvalue weighted by atomic mass is 9.91. The second kappa shape index (κ2) is 7.98. The zero-order valence-electron chi connectivity index (χ0n) is 17.9. The fraction of sp³-hybridized carbons (Fsp3) is 0.455. The number of sulfonamides is 1. The van der Waals surface area contributed by atoms with Gasteiger partial charge in [-0.3, -0.25) is 14.5 Å². The van der Waals surface area contributed by atoms with Gasteiger partial charge < -0.3 is 5.32 Å². The lowest BCUT2D eigenvalue weighted by molar-refractivity contribution is -0.123. The van der Waals surface area contributed by atoms with E-state index in [0.717, 1.165) is 23.9 Å². The third-order valence-corrected chi connectivity index (χ3v) is 5.85. The van der Waals surface area contributed by atoms with Crippen LogP contribution in [0.25, 0.3) is 0 Å². The molecular formula is C22H28FN3O3S. The molecule has 3 rings (SSSR count). The number of rotatable bonds is 6. The highest BCUT2D eigenvalue weighted by Crippen LogP contribution is 2.47. The van der Waals surface area contributed by atoms with Crippen LogP contribution in [0.15, 0.2) is 36.5 Å². The number of nitrogens with one attached hydrogen (secondary N) is 2. The van der Waals surface area contributed by atoms with Crippen LogP contribution in [0.4, 0.5) is 10.1 Å². The number of hydrogen-bond acceptors (Lipinski definition) is 4. The predicted octanol–water partition coefficient (Wildman–Crippen LogP) is 3.87. The van der Waals surface area contributed by atoms with E-state index in [-0.39, 0.29) is 28.8 Å². The highest BCUT2D eigenvalue weighted by molar-refractivity contribution is 7.92. The Balaban J connectivity index is 1.61. The summed E-state index contributed by atoms with van der Waals surface area (Å²) in [5.74, 6) is -0.734. The largest absolute Gasteiger partial charge is 0.349 e. The van der Waals surface area contributed by atoms with Gasteiger partial charge in [-0.25, -0.2) is 12.8 Å². The number of hydrogen-bond donors (Lipinski definition) is 2. The summed E-state index contributed by atoms with van der Waals surface area (Å²) in [7, 11) is -3.56. The fourth-order valence-corrected chi connectivity index (χ4v) is 3.97. The molecule has 3 unspecified atom stereocenters. The van der Waals surface area contributed by atoms with Crippen molar-refractivity contribution in [1.29, 1.82) is 0 Å². The monoisotopic (exact) mass is 433 g/mol. The molecule has 6 nitrogen and oxygen atoms in total. The van der Waals surface area contributed by atoms with Crippen molar-refractivity contribution in [3.05, 3.63) is 59.2 Å². The second-order valence-corrected chi connectivity index (χ2v) is 10.8. The van der Waals surface area contributed by atoms with Gasteiger partial charge in [0.1, 0.15) is 5.82 Å². The van der Waals surface area contributed by atoms with Gasteiger partial charge in [0.25, 0.3) is 0 Å². The molecule has 8 heteroatoms. The molecular weight excluding hydrogens is 405 g/mol. The average molecular weight is 434 g/mol. The molecule has 0 saturated heterocycles. The van der Waals surface area contributed by atoms with Crippen LogP contribution in [-0.2, 0) is 20.2 Å². The van der Waals surface area contributed by atoms with Gasteiger partial charge in [0.15, 0.2) is 0 Å². The van der Waals surface area contributed by atoms with Crippen LogP contribution in [0.5, 0.6) is 0 Å². The number of aromatic nitrogens is 1. The third-order valence-electron chi connectivity index (χ3n) is 5.26. The van der Waals surface area contributed by atoms with Crippen molar-refractivity contribution >= 4 is 21.6 Å². The molecule has 0 spiro atoms. The zero-order valence-corrected chi connectivity index (χ0v) is 18.7. The van der Waals surface area contributed by atoms with Crippen molar-refractivity contribution in [1.82, 2.24) is 10.3 Å².